The zero-order valence-corrected chi connectivity index (χ0v) is 8.94. The van der Waals surface area contributed by atoms with Gasteiger partial charge in [0.1, 0.15) is 0 Å². The summed E-state index contributed by atoms with van der Waals surface area (Å²) >= 11 is 0. The van der Waals surface area contributed by atoms with Gasteiger partial charge in [-0.25, -0.2) is 0 Å². The number of carbonyl (C=O) groups excluding carboxylic acids is 1. The Morgan fingerprint density at radius 2 is 2.14 bits per heavy atom. The maximum absolute atomic E-state index is 11.9. The zero-order valence-electron chi connectivity index (χ0n) is 8.94. The third kappa shape index (κ3) is 2.08. The summed E-state index contributed by atoms with van der Waals surface area (Å²) in [6.45, 7) is 4.04. The lowest BCUT2D eigenvalue weighted by Gasteiger charge is -2.26. The molecular formula is C11H20N2O. The first-order valence-electron chi connectivity index (χ1n) is 5.72. The van der Waals surface area contributed by atoms with E-state index >= 15 is 0 Å². The van der Waals surface area contributed by atoms with Gasteiger partial charge in [0.15, 0.2) is 0 Å². The topological polar surface area (TPSA) is 41.1 Å². The van der Waals surface area contributed by atoms with Gasteiger partial charge >= 0.3 is 0 Å². The van der Waals surface area contributed by atoms with Crippen molar-refractivity contribution in [3.8, 4) is 0 Å². The Balaban J connectivity index is 1.86. The molecule has 1 aliphatic carbocycles. The molecule has 1 saturated carbocycles. The Morgan fingerprint density at radius 1 is 1.43 bits per heavy atom. The summed E-state index contributed by atoms with van der Waals surface area (Å²) in [5.41, 5.74) is 0.0969. The summed E-state index contributed by atoms with van der Waals surface area (Å²) in [7, 11) is 0. The third-order valence-corrected chi connectivity index (χ3v) is 3.56. The molecule has 0 bridgehead atoms. The Bertz CT molecular complexity index is 215. The molecule has 2 rings (SSSR count). The largest absolute Gasteiger partial charge is 0.351 e. The van der Waals surface area contributed by atoms with Crippen LogP contribution in [-0.4, -0.2) is 24.5 Å². The summed E-state index contributed by atoms with van der Waals surface area (Å²) in [4.78, 5) is 11.9. The lowest BCUT2D eigenvalue weighted by molar-refractivity contribution is -0.126. The average Bonchev–Trinajstić information content (AvgIpc) is 2.74. The highest BCUT2D eigenvalue weighted by Gasteiger charge is 2.33. The number of carbonyl (C=O) groups is 1. The van der Waals surface area contributed by atoms with Gasteiger partial charge < -0.3 is 10.6 Å². The van der Waals surface area contributed by atoms with Crippen molar-refractivity contribution in [2.45, 2.75) is 44.6 Å². The summed E-state index contributed by atoms with van der Waals surface area (Å²) in [5, 5.41) is 6.45. The Morgan fingerprint density at radius 3 is 2.71 bits per heavy atom. The van der Waals surface area contributed by atoms with Crippen molar-refractivity contribution in [1.29, 1.82) is 0 Å². The van der Waals surface area contributed by atoms with Crippen molar-refractivity contribution >= 4 is 5.91 Å². The van der Waals surface area contributed by atoms with Gasteiger partial charge in [-0.3, -0.25) is 4.79 Å². The molecule has 14 heavy (non-hydrogen) atoms. The summed E-state index contributed by atoms with van der Waals surface area (Å²) in [6.07, 6.45) is 5.83. The second-order valence-electron chi connectivity index (χ2n) is 4.95. The van der Waals surface area contributed by atoms with Crippen LogP contribution in [0.25, 0.3) is 0 Å². The van der Waals surface area contributed by atoms with E-state index in [-0.39, 0.29) is 17.4 Å². The van der Waals surface area contributed by atoms with Gasteiger partial charge in [-0.1, -0.05) is 12.8 Å². The van der Waals surface area contributed by atoms with E-state index in [4.69, 9.17) is 0 Å². The molecule has 3 nitrogen and oxygen atoms in total. The number of rotatable bonds is 2. The van der Waals surface area contributed by atoms with Crippen LogP contribution in [0.3, 0.4) is 0 Å². The Hall–Kier alpha value is -0.570. The predicted octanol–water partition coefficient (Wildman–Crippen LogP) is 1.04. The third-order valence-electron chi connectivity index (χ3n) is 3.56. The minimum Gasteiger partial charge on any atom is -0.351 e. The van der Waals surface area contributed by atoms with Crippen LogP contribution in [0.15, 0.2) is 0 Å². The van der Waals surface area contributed by atoms with E-state index in [1.807, 2.05) is 0 Å². The first-order valence-corrected chi connectivity index (χ1v) is 5.72. The second kappa shape index (κ2) is 3.89. The molecule has 2 aliphatic rings. The maximum atomic E-state index is 11.9. The van der Waals surface area contributed by atoms with Crippen LogP contribution in [0, 0.1) is 5.92 Å². The molecular weight excluding hydrogens is 176 g/mol. The second-order valence-corrected chi connectivity index (χ2v) is 4.95. The lowest BCUT2D eigenvalue weighted by Crippen LogP contribution is -2.46. The minimum absolute atomic E-state index is 0.0969. The van der Waals surface area contributed by atoms with Crippen molar-refractivity contribution in [1.82, 2.24) is 10.6 Å². The molecule has 0 aromatic heterocycles. The van der Waals surface area contributed by atoms with Gasteiger partial charge in [0.25, 0.3) is 0 Å². The average molecular weight is 196 g/mol. The van der Waals surface area contributed by atoms with Gasteiger partial charge in [0.2, 0.25) is 5.91 Å². The standard InChI is InChI=1S/C11H20N2O/c1-11(5-2-3-6-11)13-10(14)9-4-7-12-8-9/h9,12H,2-8H2,1H3,(H,13,14)/t9-/m0/s1. The monoisotopic (exact) mass is 196 g/mol. The van der Waals surface area contributed by atoms with Gasteiger partial charge in [-0.15, -0.1) is 0 Å². The van der Waals surface area contributed by atoms with E-state index in [1.165, 1.54) is 12.8 Å². The molecule has 2 N–H and O–H groups in total. The summed E-state index contributed by atoms with van der Waals surface area (Å²) in [6, 6.07) is 0. The summed E-state index contributed by atoms with van der Waals surface area (Å²) < 4.78 is 0. The van der Waals surface area contributed by atoms with E-state index in [1.54, 1.807) is 0 Å². The molecule has 1 heterocycles. The fraction of sp³-hybridized carbons (Fsp3) is 0.909. The van der Waals surface area contributed by atoms with Crippen molar-refractivity contribution in [3.63, 3.8) is 0 Å². The first-order chi connectivity index (χ1) is 6.70. The van der Waals surface area contributed by atoms with Crippen molar-refractivity contribution in [3.05, 3.63) is 0 Å². The number of hydrogen-bond acceptors (Lipinski definition) is 2. The molecule has 1 amide bonds. The highest BCUT2D eigenvalue weighted by Crippen LogP contribution is 2.29. The van der Waals surface area contributed by atoms with Crippen LogP contribution in [0.2, 0.25) is 0 Å². The molecule has 0 spiro atoms. The van der Waals surface area contributed by atoms with E-state index in [2.05, 4.69) is 17.6 Å². The van der Waals surface area contributed by atoms with Gasteiger partial charge in [0, 0.05) is 12.1 Å². The SMILES string of the molecule is CC1(NC(=O)[C@H]2CCNC2)CCCC1. The molecule has 0 radical (unpaired) electrons. The lowest BCUT2D eigenvalue weighted by atomic mass is 9.98. The minimum atomic E-state index is 0.0969. The van der Waals surface area contributed by atoms with Gasteiger partial charge in [-0.05, 0) is 32.7 Å². The van der Waals surface area contributed by atoms with Crippen LogP contribution < -0.4 is 10.6 Å². The zero-order chi connectivity index (χ0) is 10.0. The Kier molecular flexibility index (Phi) is 2.77. The highest BCUT2D eigenvalue weighted by atomic mass is 16.2. The molecule has 1 saturated heterocycles. The number of amides is 1. The molecule has 2 fully saturated rings. The Labute approximate surface area is 85.6 Å². The molecule has 0 aromatic rings. The molecule has 1 aliphatic heterocycles. The molecule has 0 unspecified atom stereocenters. The number of hydrogen-bond donors (Lipinski definition) is 2. The van der Waals surface area contributed by atoms with Crippen molar-refractivity contribution < 1.29 is 4.79 Å². The molecule has 3 heteroatoms. The van der Waals surface area contributed by atoms with Crippen LogP contribution in [-0.2, 0) is 4.79 Å². The van der Waals surface area contributed by atoms with Gasteiger partial charge in [0.05, 0.1) is 5.92 Å². The van der Waals surface area contributed by atoms with E-state index in [0.29, 0.717) is 0 Å². The van der Waals surface area contributed by atoms with E-state index in [0.717, 1.165) is 32.4 Å². The maximum Gasteiger partial charge on any atom is 0.224 e. The quantitative estimate of drug-likeness (QED) is 0.693. The smallest absolute Gasteiger partial charge is 0.224 e. The van der Waals surface area contributed by atoms with Crippen LogP contribution in [0.4, 0.5) is 0 Å². The fourth-order valence-corrected chi connectivity index (χ4v) is 2.56. The van der Waals surface area contributed by atoms with Crippen molar-refractivity contribution in [2.24, 2.45) is 5.92 Å². The first kappa shape index (κ1) is 9.97. The van der Waals surface area contributed by atoms with E-state index in [9.17, 15) is 4.79 Å². The summed E-state index contributed by atoms with van der Waals surface area (Å²) in [5.74, 6) is 0.479. The van der Waals surface area contributed by atoms with Gasteiger partial charge in [-0.2, -0.15) is 0 Å². The molecule has 0 aromatic carbocycles. The highest BCUT2D eigenvalue weighted by molar-refractivity contribution is 5.80. The van der Waals surface area contributed by atoms with E-state index < -0.39 is 0 Å². The normalized spacial score (nSPS) is 30.5. The van der Waals surface area contributed by atoms with Crippen molar-refractivity contribution in [2.75, 3.05) is 13.1 Å². The molecule has 1 atom stereocenters. The van der Waals surface area contributed by atoms with Crippen LogP contribution in [0.5, 0.6) is 0 Å². The van der Waals surface area contributed by atoms with Crippen LogP contribution in [0.1, 0.15) is 39.0 Å². The van der Waals surface area contributed by atoms with Crippen LogP contribution >= 0.6 is 0 Å². The number of nitrogens with one attached hydrogen (secondary N) is 2. The molecule has 80 valence electrons. The predicted molar refractivity (Wildman–Crippen MR) is 56.0 cm³/mol. The fourth-order valence-electron chi connectivity index (χ4n) is 2.56.